The average Bonchev–Trinajstić information content (AvgIpc) is 3.21. The number of aliphatic imine (C=N–C) groups is 1. The number of allylic oxidation sites excluding steroid dienone is 1. The molecule has 1 fully saturated rings. The Hall–Kier alpha value is -3.15. The van der Waals surface area contributed by atoms with E-state index in [0.717, 1.165) is 12.1 Å². The van der Waals surface area contributed by atoms with Crippen molar-refractivity contribution in [3.8, 4) is 6.07 Å². The van der Waals surface area contributed by atoms with E-state index < -0.39 is 47.3 Å². The molecule has 1 aliphatic carbocycles. The predicted octanol–water partition coefficient (Wildman–Crippen LogP) is 2.45. The quantitative estimate of drug-likeness (QED) is 0.841. The zero-order valence-electron chi connectivity index (χ0n) is 15.3. The highest BCUT2D eigenvalue weighted by Gasteiger charge is 2.50. The summed E-state index contributed by atoms with van der Waals surface area (Å²) in [5.41, 5.74) is 0.591. The third kappa shape index (κ3) is 3.09. The first kappa shape index (κ1) is 19.2. The Bertz CT molecular complexity index is 1000. The Kier molecular flexibility index (Phi) is 4.65. The second kappa shape index (κ2) is 7.03. The van der Waals surface area contributed by atoms with E-state index in [-0.39, 0.29) is 24.1 Å². The molecule has 1 aromatic carbocycles. The molecule has 1 saturated heterocycles. The van der Waals surface area contributed by atoms with Crippen LogP contribution in [0.5, 0.6) is 0 Å². The number of nitriles is 1. The summed E-state index contributed by atoms with van der Waals surface area (Å²) in [4.78, 5) is 30.1. The van der Waals surface area contributed by atoms with Gasteiger partial charge in [0.1, 0.15) is 18.3 Å². The lowest BCUT2D eigenvalue weighted by Crippen LogP contribution is -2.45. The van der Waals surface area contributed by atoms with Crippen molar-refractivity contribution in [3.05, 3.63) is 52.8 Å². The number of hydrogen-bond acceptors (Lipinski definition) is 4. The summed E-state index contributed by atoms with van der Waals surface area (Å²) >= 11 is 0. The van der Waals surface area contributed by atoms with Crippen LogP contribution in [-0.4, -0.2) is 35.5 Å². The van der Waals surface area contributed by atoms with E-state index in [2.05, 4.69) is 10.3 Å². The van der Waals surface area contributed by atoms with E-state index in [1.165, 1.54) is 24.1 Å². The molecule has 0 spiro atoms. The number of amides is 2. The van der Waals surface area contributed by atoms with Gasteiger partial charge in [0, 0.05) is 11.8 Å². The van der Waals surface area contributed by atoms with Crippen LogP contribution in [0.3, 0.4) is 0 Å². The fourth-order valence-corrected chi connectivity index (χ4v) is 4.16. The molecule has 0 saturated carbocycles. The maximum Gasteiger partial charge on any atom is 0.239 e. The monoisotopic (exact) mass is 401 g/mol. The van der Waals surface area contributed by atoms with Crippen LogP contribution in [0.1, 0.15) is 36.4 Å². The molecule has 2 amide bonds. The van der Waals surface area contributed by atoms with Gasteiger partial charge < -0.3 is 10.2 Å². The molecule has 3 aliphatic rings. The van der Waals surface area contributed by atoms with Gasteiger partial charge in [0.25, 0.3) is 0 Å². The van der Waals surface area contributed by atoms with Crippen molar-refractivity contribution >= 4 is 18.0 Å². The van der Waals surface area contributed by atoms with Gasteiger partial charge in [-0.2, -0.15) is 5.26 Å². The topological polar surface area (TPSA) is 85.6 Å². The van der Waals surface area contributed by atoms with E-state index in [1.807, 2.05) is 6.07 Å². The van der Waals surface area contributed by atoms with Gasteiger partial charge in [-0.15, -0.1) is 0 Å². The van der Waals surface area contributed by atoms with Gasteiger partial charge in [-0.05, 0) is 31.1 Å². The Morgan fingerprint density at radius 1 is 1.41 bits per heavy atom. The Morgan fingerprint density at radius 2 is 2.17 bits per heavy atom. The first-order valence-corrected chi connectivity index (χ1v) is 9.07. The van der Waals surface area contributed by atoms with Crippen LogP contribution in [0.15, 0.2) is 29.0 Å². The highest BCUT2D eigenvalue weighted by atomic mass is 19.2. The molecule has 1 radical (unpaired) electrons. The first-order chi connectivity index (χ1) is 13.8. The molecule has 9 heteroatoms. The number of halogens is 3. The number of hydrogen-bond donors (Lipinski definition) is 1. The summed E-state index contributed by atoms with van der Waals surface area (Å²) in [7, 11) is 0. The maximum atomic E-state index is 14.3. The molecular weight excluding hydrogens is 385 g/mol. The number of fused-ring (bicyclic) bond motifs is 5. The summed E-state index contributed by atoms with van der Waals surface area (Å²) in [6.07, 6.45) is 2.67. The summed E-state index contributed by atoms with van der Waals surface area (Å²) in [6, 6.07) is 2.74. The van der Waals surface area contributed by atoms with Gasteiger partial charge in [0.05, 0.1) is 24.1 Å². The van der Waals surface area contributed by atoms with Crippen molar-refractivity contribution < 1.29 is 22.8 Å². The van der Waals surface area contributed by atoms with E-state index >= 15 is 0 Å². The lowest BCUT2D eigenvalue weighted by molar-refractivity contribution is -0.136. The molecule has 6 nitrogen and oxygen atoms in total. The molecule has 4 atom stereocenters. The van der Waals surface area contributed by atoms with Gasteiger partial charge in [-0.1, -0.05) is 6.07 Å². The van der Waals surface area contributed by atoms with E-state index in [0.29, 0.717) is 12.0 Å². The number of dihydropyridines is 1. The number of likely N-dealkylation sites (tertiary alicyclic amines) is 1. The number of nitrogens with one attached hydrogen (secondary N) is 1. The second-order valence-electron chi connectivity index (χ2n) is 7.26. The van der Waals surface area contributed by atoms with Crippen LogP contribution < -0.4 is 5.32 Å². The fourth-order valence-electron chi connectivity index (χ4n) is 4.16. The SMILES string of the molecule is C[C@@H](NC(=O)CN1C(=O)C2CC1c1c2ccc(F)c1F)[C]1N=CC(C#N)C=C1F. The first-order valence-electron chi connectivity index (χ1n) is 9.07. The van der Waals surface area contributed by atoms with Gasteiger partial charge in [-0.25, -0.2) is 13.2 Å². The smallest absolute Gasteiger partial charge is 0.239 e. The molecule has 3 unspecified atom stereocenters. The fraction of sp³-hybridized carbons (Fsp3) is 0.350. The van der Waals surface area contributed by atoms with E-state index in [1.54, 1.807) is 0 Å². The van der Waals surface area contributed by atoms with Gasteiger partial charge in [0.2, 0.25) is 11.8 Å². The number of carbonyl (C=O) groups is 2. The molecule has 0 aromatic heterocycles. The van der Waals surface area contributed by atoms with E-state index in [9.17, 15) is 22.8 Å². The summed E-state index contributed by atoms with van der Waals surface area (Å²) < 4.78 is 42.0. The standard InChI is InChI=1S/C20H16F3N4O2/c1-9(19-14(22)4-10(6-24)7-25-19)26-16(28)8-27-15-5-12(20(27)29)11-2-3-13(21)18(23)17(11)15/h2-4,7,9-10,12,15H,5,8H2,1H3,(H,26,28)/t9-,10?,12?,15?/m1/s1. The average molecular weight is 401 g/mol. The summed E-state index contributed by atoms with van der Waals surface area (Å²) in [6.45, 7) is 1.16. The normalized spacial score (nSPS) is 26.2. The maximum absolute atomic E-state index is 14.3. The molecule has 1 aromatic rings. The molecule has 4 rings (SSSR count). The number of carbonyl (C=O) groups excluding carboxylic acids is 2. The summed E-state index contributed by atoms with van der Waals surface area (Å²) in [5, 5.41) is 11.4. The van der Waals surface area contributed by atoms with Crippen LogP contribution in [-0.2, 0) is 9.59 Å². The van der Waals surface area contributed by atoms with Crippen molar-refractivity contribution in [1.29, 1.82) is 5.26 Å². The third-order valence-corrected chi connectivity index (χ3v) is 5.49. The Labute approximate surface area is 164 Å². The second-order valence-corrected chi connectivity index (χ2v) is 7.26. The molecule has 29 heavy (non-hydrogen) atoms. The largest absolute Gasteiger partial charge is 0.349 e. The number of nitrogens with zero attached hydrogens (tertiary/aromatic N) is 3. The molecule has 2 aliphatic heterocycles. The lowest BCUT2D eigenvalue weighted by atomic mass is 9.97. The van der Waals surface area contributed by atoms with Crippen LogP contribution in [0, 0.1) is 34.9 Å². The number of rotatable bonds is 4. The minimum Gasteiger partial charge on any atom is -0.349 e. The van der Waals surface area contributed by atoms with Crippen molar-refractivity contribution in [2.75, 3.05) is 6.54 Å². The van der Waals surface area contributed by atoms with Crippen LogP contribution in [0.25, 0.3) is 0 Å². The highest BCUT2D eigenvalue weighted by molar-refractivity contribution is 5.93. The zero-order valence-corrected chi connectivity index (χ0v) is 15.3. The van der Waals surface area contributed by atoms with Gasteiger partial charge in [-0.3, -0.25) is 14.6 Å². The van der Waals surface area contributed by atoms with Crippen molar-refractivity contribution in [2.24, 2.45) is 10.9 Å². The molecule has 2 heterocycles. The van der Waals surface area contributed by atoms with Gasteiger partial charge in [0.15, 0.2) is 17.7 Å². The van der Waals surface area contributed by atoms with Crippen molar-refractivity contribution in [2.45, 2.75) is 31.3 Å². The van der Waals surface area contributed by atoms with Crippen LogP contribution in [0.2, 0.25) is 0 Å². The van der Waals surface area contributed by atoms with Crippen molar-refractivity contribution in [3.63, 3.8) is 0 Å². The molecule has 2 bridgehead atoms. The Balaban J connectivity index is 1.45. The molecule has 149 valence electrons. The van der Waals surface area contributed by atoms with Gasteiger partial charge >= 0.3 is 0 Å². The minimum absolute atomic E-state index is 0.0300. The van der Waals surface area contributed by atoms with E-state index in [4.69, 9.17) is 5.26 Å². The number of benzene rings is 1. The van der Waals surface area contributed by atoms with Crippen LogP contribution in [0.4, 0.5) is 13.2 Å². The molecular formula is C20H16F3N4O2. The Morgan fingerprint density at radius 3 is 2.86 bits per heavy atom. The highest BCUT2D eigenvalue weighted by Crippen LogP contribution is 2.51. The van der Waals surface area contributed by atoms with Crippen LogP contribution >= 0.6 is 0 Å². The lowest BCUT2D eigenvalue weighted by Gasteiger charge is -2.30. The summed E-state index contributed by atoms with van der Waals surface area (Å²) in [5.74, 6) is -4.93. The van der Waals surface area contributed by atoms with Crippen molar-refractivity contribution in [1.82, 2.24) is 10.2 Å². The molecule has 1 N–H and O–H groups in total. The zero-order chi connectivity index (χ0) is 20.9. The third-order valence-electron chi connectivity index (χ3n) is 5.49. The predicted molar refractivity (Wildman–Crippen MR) is 95.8 cm³/mol. The minimum atomic E-state index is -0.994.